The van der Waals surface area contributed by atoms with Crippen LogP contribution in [0.4, 0.5) is 4.39 Å². The first-order valence-corrected chi connectivity index (χ1v) is 3.72. The molecule has 0 amide bonds. The first-order valence-electron chi connectivity index (χ1n) is 3.72. The molecule has 0 fully saturated rings. The Bertz CT molecular complexity index is 165. The van der Waals surface area contributed by atoms with Gasteiger partial charge in [-0.1, -0.05) is 25.1 Å². The highest BCUT2D eigenvalue weighted by Crippen LogP contribution is 1.91. The van der Waals surface area contributed by atoms with E-state index in [9.17, 15) is 4.39 Å². The van der Waals surface area contributed by atoms with E-state index in [1.165, 1.54) is 12.1 Å². The van der Waals surface area contributed by atoms with E-state index in [4.69, 9.17) is 5.73 Å². The number of halogens is 2. The van der Waals surface area contributed by atoms with E-state index in [0.717, 1.165) is 13.0 Å². The summed E-state index contributed by atoms with van der Waals surface area (Å²) in [4.78, 5) is 0. The Balaban J connectivity index is 0. The van der Waals surface area contributed by atoms with Gasteiger partial charge in [0.25, 0.3) is 0 Å². The molecule has 0 saturated carbocycles. The molecule has 1 aromatic rings. The fourth-order valence-corrected chi connectivity index (χ4v) is 0.415. The van der Waals surface area contributed by atoms with Gasteiger partial charge < -0.3 is 5.73 Å². The summed E-state index contributed by atoms with van der Waals surface area (Å²) in [6.45, 7) is 2.88. The molecule has 0 radical (unpaired) electrons. The third-order valence-corrected chi connectivity index (χ3v) is 1.02. The molecule has 0 atom stereocenters. The van der Waals surface area contributed by atoms with Crippen LogP contribution < -0.4 is 5.73 Å². The summed E-state index contributed by atoms with van der Waals surface area (Å²) in [6.07, 6.45) is 1.10. The van der Waals surface area contributed by atoms with E-state index >= 15 is 0 Å². The minimum atomic E-state index is -0.178. The molecule has 0 aliphatic rings. The molecule has 0 spiro atoms. The predicted octanol–water partition coefficient (Wildman–Crippen LogP) is 2.60. The van der Waals surface area contributed by atoms with Crippen LogP contribution in [0.1, 0.15) is 13.3 Å². The van der Waals surface area contributed by atoms with Gasteiger partial charge in [0.2, 0.25) is 0 Å². The zero-order valence-electron chi connectivity index (χ0n) is 7.16. The molecule has 0 aliphatic heterocycles. The lowest BCUT2D eigenvalue weighted by atomic mass is 10.4. The van der Waals surface area contributed by atoms with Gasteiger partial charge in [0.05, 0.1) is 0 Å². The molecule has 0 unspecified atom stereocenters. The Morgan fingerprint density at radius 1 is 1.25 bits per heavy atom. The molecule has 0 saturated heterocycles. The van der Waals surface area contributed by atoms with E-state index in [1.807, 2.05) is 0 Å². The van der Waals surface area contributed by atoms with Crippen LogP contribution in [0.5, 0.6) is 0 Å². The van der Waals surface area contributed by atoms with Crippen LogP contribution in [0.3, 0.4) is 0 Å². The van der Waals surface area contributed by atoms with Gasteiger partial charge in [-0.3, -0.25) is 0 Å². The van der Waals surface area contributed by atoms with Crippen molar-refractivity contribution in [3.05, 3.63) is 36.1 Å². The number of rotatable bonds is 1. The van der Waals surface area contributed by atoms with Gasteiger partial charge in [0, 0.05) is 0 Å². The van der Waals surface area contributed by atoms with Crippen molar-refractivity contribution in [2.24, 2.45) is 5.73 Å². The first-order chi connectivity index (χ1) is 5.31. The van der Waals surface area contributed by atoms with Crippen molar-refractivity contribution in [1.82, 2.24) is 0 Å². The van der Waals surface area contributed by atoms with Gasteiger partial charge >= 0.3 is 0 Å². The van der Waals surface area contributed by atoms with Crippen LogP contribution in [0.25, 0.3) is 0 Å². The van der Waals surface area contributed by atoms with Crippen LogP contribution in [0, 0.1) is 5.82 Å². The lowest BCUT2D eigenvalue weighted by Gasteiger charge is -1.78. The summed E-state index contributed by atoms with van der Waals surface area (Å²) in [5.41, 5.74) is 5.03. The van der Waals surface area contributed by atoms with Crippen molar-refractivity contribution < 1.29 is 4.39 Å². The Labute approximate surface area is 79.2 Å². The summed E-state index contributed by atoms with van der Waals surface area (Å²) >= 11 is 0. The molecule has 0 bridgehead atoms. The fourth-order valence-electron chi connectivity index (χ4n) is 0.415. The van der Waals surface area contributed by atoms with Crippen LogP contribution in [0.15, 0.2) is 30.3 Å². The molecular formula is C9H15ClFN. The second-order valence-electron chi connectivity index (χ2n) is 2.08. The second-order valence-corrected chi connectivity index (χ2v) is 2.08. The average molecular weight is 192 g/mol. The molecule has 0 aliphatic carbocycles. The van der Waals surface area contributed by atoms with E-state index in [-0.39, 0.29) is 18.2 Å². The summed E-state index contributed by atoms with van der Waals surface area (Å²) < 4.78 is 11.9. The van der Waals surface area contributed by atoms with Crippen LogP contribution in [-0.2, 0) is 0 Å². The SMILES string of the molecule is CCCN.Cl.Fc1ccccc1. The van der Waals surface area contributed by atoms with Gasteiger partial charge in [-0.05, 0) is 25.1 Å². The summed E-state index contributed by atoms with van der Waals surface area (Å²) in [6, 6.07) is 7.94. The first kappa shape index (κ1) is 14.0. The molecule has 3 heteroatoms. The van der Waals surface area contributed by atoms with Crippen molar-refractivity contribution >= 4 is 12.4 Å². The molecule has 1 rings (SSSR count). The molecule has 70 valence electrons. The molecule has 2 N–H and O–H groups in total. The quantitative estimate of drug-likeness (QED) is 0.726. The molecule has 12 heavy (non-hydrogen) atoms. The third-order valence-electron chi connectivity index (χ3n) is 1.02. The Kier molecular flexibility index (Phi) is 12.1. The van der Waals surface area contributed by atoms with Crippen molar-refractivity contribution in [1.29, 1.82) is 0 Å². The van der Waals surface area contributed by atoms with Gasteiger partial charge in [0.1, 0.15) is 5.82 Å². The predicted molar refractivity (Wildman–Crippen MR) is 53.0 cm³/mol. The average Bonchev–Trinajstić information content (AvgIpc) is 2.07. The number of hydrogen-bond acceptors (Lipinski definition) is 1. The van der Waals surface area contributed by atoms with Gasteiger partial charge in [-0.25, -0.2) is 4.39 Å². The monoisotopic (exact) mass is 191 g/mol. The van der Waals surface area contributed by atoms with Crippen LogP contribution in [-0.4, -0.2) is 6.54 Å². The topological polar surface area (TPSA) is 26.0 Å². The van der Waals surface area contributed by atoms with Gasteiger partial charge in [-0.2, -0.15) is 0 Å². The zero-order chi connectivity index (χ0) is 8.53. The van der Waals surface area contributed by atoms with E-state index in [0.29, 0.717) is 0 Å². The van der Waals surface area contributed by atoms with Crippen molar-refractivity contribution in [3.63, 3.8) is 0 Å². The Morgan fingerprint density at radius 2 is 1.67 bits per heavy atom. The maximum Gasteiger partial charge on any atom is 0.123 e. The van der Waals surface area contributed by atoms with E-state index in [2.05, 4.69) is 6.92 Å². The molecular weight excluding hydrogens is 177 g/mol. The van der Waals surface area contributed by atoms with Crippen molar-refractivity contribution in [2.45, 2.75) is 13.3 Å². The molecule has 1 nitrogen and oxygen atoms in total. The molecule has 1 aromatic carbocycles. The van der Waals surface area contributed by atoms with Crippen molar-refractivity contribution in [3.8, 4) is 0 Å². The fraction of sp³-hybridized carbons (Fsp3) is 0.333. The summed E-state index contributed by atoms with van der Waals surface area (Å²) in [5.74, 6) is -0.178. The highest BCUT2D eigenvalue weighted by Gasteiger charge is 1.77. The molecule has 0 heterocycles. The normalized spacial score (nSPS) is 7.58. The third kappa shape index (κ3) is 9.40. The summed E-state index contributed by atoms with van der Waals surface area (Å²) in [7, 11) is 0. The summed E-state index contributed by atoms with van der Waals surface area (Å²) in [5, 5.41) is 0. The number of benzene rings is 1. The second kappa shape index (κ2) is 10.4. The van der Waals surface area contributed by atoms with Crippen LogP contribution in [0.2, 0.25) is 0 Å². The van der Waals surface area contributed by atoms with Gasteiger partial charge in [0.15, 0.2) is 0 Å². The van der Waals surface area contributed by atoms with Gasteiger partial charge in [-0.15, -0.1) is 12.4 Å². The highest BCUT2D eigenvalue weighted by molar-refractivity contribution is 5.85. The standard InChI is InChI=1S/C6H5F.C3H9N.ClH/c7-6-4-2-1-3-5-6;1-2-3-4;/h1-5H;2-4H2,1H3;1H. The lowest BCUT2D eigenvalue weighted by Crippen LogP contribution is -1.93. The maximum absolute atomic E-state index is 11.9. The van der Waals surface area contributed by atoms with E-state index < -0.39 is 0 Å². The van der Waals surface area contributed by atoms with Crippen LogP contribution >= 0.6 is 12.4 Å². The largest absolute Gasteiger partial charge is 0.330 e. The van der Waals surface area contributed by atoms with E-state index in [1.54, 1.807) is 18.2 Å². The minimum absolute atomic E-state index is 0. The highest BCUT2D eigenvalue weighted by atomic mass is 35.5. The smallest absolute Gasteiger partial charge is 0.123 e. The molecule has 0 aromatic heterocycles. The number of hydrogen-bond donors (Lipinski definition) is 1. The number of nitrogens with two attached hydrogens (primary N) is 1. The Morgan fingerprint density at radius 3 is 1.83 bits per heavy atom. The maximum atomic E-state index is 11.9. The lowest BCUT2D eigenvalue weighted by molar-refractivity contribution is 0.628. The minimum Gasteiger partial charge on any atom is -0.330 e. The Hall–Kier alpha value is -0.600. The van der Waals surface area contributed by atoms with Crippen molar-refractivity contribution in [2.75, 3.05) is 6.54 Å². The zero-order valence-corrected chi connectivity index (χ0v) is 7.98.